The molecule has 1 N–H and O–H groups in total. The zero-order chi connectivity index (χ0) is 11.3. The van der Waals surface area contributed by atoms with Gasteiger partial charge < -0.3 is 0 Å². The minimum atomic E-state index is -3.02. The molecule has 0 aromatic carbocycles. The fourth-order valence-electron chi connectivity index (χ4n) is 2.19. The third-order valence-electron chi connectivity index (χ3n) is 3.05. The summed E-state index contributed by atoms with van der Waals surface area (Å²) in [4.78, 5) is 0. The van der Waals surface area contributed by atoms with E-state index in [-0.39, 0.29) is 11.8 Å². The fourth-order valence-corrected chi connectivity index (χ4v) is 3.70. The van der Waals surface area contributed by atoms with Gasteiger partial charge in [-0.25, -0.2) is 13.1 Å². The molecule has 1 aliphatic carbocycles. The minimum Gasteiger partial charge on any atom is -0.212 e. The van der Waals surface area contributed by atoms with Gasteiger partial charge in [-0.05, 0) is 25.2 Å². The Bertz CT molecular complexity index is 274. The van der Waals surface area contributed by atoms with Gasteiger partial charge in [-0.3, -0.25) is 0 Å². The molecule has 0 bridgehead atoms. The second-order valence-corrected chi connectivity index (χ2v) is 6.63. The van der Waals surface area contributed by atoms with Crippen LogP contribution in [0.4, 0.5) is 0 Å². The SMILES string of the molecule is CCCCS(=O)(=O)NC1CCCC(C)C1. The molecule has 1 fully saturated rings. The van der Waals surface area contributed by atoms with Crippen LogP contribution in [0.2, 0.25) is 0 Å². The second kappa shape index (κ2) is 5.85. The topological polar surface area (TPSA) is 46.2 Å². The molecule has 0 radical (unpaired) electrons. The van der Waals surface area contributed by atoms with Crippen LogP contribution >= 0.6 is 0 Å². The standard InChI is InChI=1S/C11H23NO2S/c1-3-4-8-15(13,14)12-11-7-5-6-10(2)9-11/h10-12H,3-9H2,1-2H3. The highest BCUT2D eigenvalue weighted by atomic mass is 32.2. The first-order valence-corrected chi connectivity index (χ1v) is 7.68. The Morgan fingerprint density at radius 2 is 2.07 bits per heavy atom. The smallest absolute Gasteiger partial charge is 0.211 e. The van der Waals surface area contributed by atoms with Crippen LogP contribution in [0.5, 0.6) is 0 Å². The molecule has 0 heterocycles. The highest BCUT2D eigenvalue weighted by Gasteiger charge is 2.22. The van der Waals surface area contributed by atoms with E-state index in [2.05, 4.69) is 11.6 Å². The molecule has 1 aliphatic rings. The van der Waals surface area contributed by atoms with E-state index < -0.39 is 10.0 Å². The quantitative estimate of drug-likeness (QED) is 0.792. The average molecular weight is 233 g/mol. The predicted molar refractivity (Wildman–Crippen MR) is 63.3 cm³/mol. The molecule has 1 saturated carbocycles. The monoisotopic (exact) mass is 233 g/mol. The van der Waals surface area contributed by atoms with Gasteiger partial charge in [0.15, 0.2) is 0 Å². The van der Waals surface area contributed by atoms with Crippen molar-refractivity contribution in [3.8, 4) is 0 Å². The van der Waals surface area contributed by atoms with E-state index >= 15 is 0 Å². The normalized spacial score (nSPS) is 27.9. The zero-order valence-corrected chi connectivity index (χ0v) is 10.6. The third kappa shape index (κ3) is 4.98. The summed E-state index contributed by atoms with van der Waals surface area (Å²) >= 11 is 0. The van der Waals surface area contributed by atoms with Crippen molar-refractivity contribution in [1.29, 1.82) is 0 Å². The molecule has 0 spiro atoms. The van der Waals surface area contributed by atoms with Crippen molar-refractivity contribution < 1.29 is 8.42 Å². The van der Waals surface area contributed by atoms with Crippen LogP contribution in [0.15, 0.2) is 0 Å². The van der Waals surface area contributed by atoms with Crippen molar-refractivity contribution in [2.24, 2.45) is 5.92 Å². The number of nitrogens with one attached hydrogen (secondary N) is 1. The Kier molecular flexibility index (Phi) is 5.06. The zero-order valence-electron chi connectivity index (χ0n) is 9.83. The van der Waals surface area contributed by atoms with Gasteiger partial charge >= 0.3 is 0 Å². The van der Waals surface area contributed by atoms with Crippen molar-refractivity contribution in [2.45, 2.75) is 58.4 Å². The first-order valence-electron chi connectivity index (χ1n) is 6.03. The largest absolute Gasteiger partial charge is 0.212 e. The Morgan fingerprint density at radius 3 is 2.67 bits per heavy atom. The summed E-state index contributed by atoms with van der Waals surface area (Å²) < 4.78 is 26.1. The number of sulfonamides is 1. The van der Waals surface area contributed by atoms with Crippen molar-refractivity contribution >= 4 is 10.0 Å². The Hall–Kier alpha value is -0.0900. The van der Waals surface area contributed by atoms with Gasteiger partial charge in [-0.2, -0.15) is 0 Å². The summed E-state index contributed by atoms with van der Waals surface area (Å²) in [5.41, 5.74) is 0. The number of unbranched alkanes of at least 4 members (excludes halogenated alkanes) is 1. The molecule has 0 saturated heterocycles. The minimum absolute atomic E-state index is 0.190. The van der Waals surface area contributed by atoms with Gasteiger partial charge in [-0.15, -0.1) is 0 Å². The number of hydrogen-bond acceptors (Lipinski definition) is 2. The Balaban J connectivity index is 2.39. The Morgan fingerprint density at radius 1 is 1.33 bits per heavy atom. The first-order chi connectivity index (χ1) is 7.03. The third-order valence-corrected chi connectivity index (χ3v) is 4.57. The van der Waals surface area contributed by atoms with Gasteiger partial charge in [0.05, 0.1) is 5.75 Å². The fraction of sp³-hybridized carbons (Fsp3) is 1.00. The molecule has 2 unspecified atom stereocenters. The van der Waals surface area contributed by atoms with Crippen LogP contribution in [0, 0.1) is 5.92 Å². The van der Waals surface area contributed by atoms with Gasteiger partial charge in [0.25, 0.3) is 0 Å². The highest BCUT2D eigenvalue weighted by Crippen LogP contribution is 2.23. The Labute approximate surface area is 93.7 Å². The summed E-state index contributed by atoms with van der Waals surface area (Å²) in [6.45, 7) is 4.21. The predicted octanol–water partition coefficient (Wildman–Crippen LogP) is 2.28. The number of rotatable bonds is 5. The average Bonchev–Trinajstić information content (AvgIpc) is 2.14. The molecule has 4 heteroatoms. The molecule has 0 aliphatic heterocycles. The molecule has 2 atom stereocenters. The summed E-state index contributed by atoms with van der Waals surface area (Å²) in [7, 11) is -3.02. The van der Waals surface area contributed by atoms with E-state index in [0.717, 1.165) is 32.1 Å². The summed E-state index contributed by atoms with van der Waals surface area (Å²) in [5, 5.41) is 0. The maximum Gasteiger partial charge on any atom is 0.211 e. The molecular formula is C11H23NO2S. The van der Waals surface area contributed by atoms with Crippen LogP contribution in [0.3, 0.4) is 0 Å². The lowest BCUT2D eigenvalue weighted by molar-refractivity contribution is 0.327. The summed E-state index contributed by atoms with van der Waals surface area (Å²) in [5.74, 6) is 0.951. The van der Waals surface area contributed by atoms with E-state index in [0.29, 0.717) is 5.92 Å². The molecule has 0 aromatic heterocycles. The van der Waals surface area contributed by atoms with Crippen LogP contribution in [0.25, 0.3) is 0 Å². The van der Waals surface area contributed by atoms with Crippen molar-refractivity contribution in [3.05, 3.63) is 0 Å². The van der Waals surface area contributed by atoms with Crippen molar-refractivity contribution in [1.82, 2.24) is 4.72 Å². The first kappa shape index (κ1) is 13.0. The van der Waals surface area contributed by atoms with Gasteiger partial charge in [0.2, 0.25) is 10.0 Å². The van der Waals surface area contributed by atoms with Crippen LogP contribution in [0.1, 0.15) is 52.4 Å². The van der Waals surface area contributed by atoms with Crippen LogP contribution in [-0.4, -0.2) is 20.2 Å². The van der Waals surface area contributed by atoms with Crippen molar-refractivity contribution in [2.75, 3.05) is 5.75 Å². The van der Waals surface area contributed by atoms with Crippen molar-refractivity contribution in [3.63, 3.8) is 0 Å². The maximum atomic E-state index is 11.7. The van der Waals surface area contributed by atoms with E-state index in [1.54, 1.807) is 0 Å². The van der Waals surface area contributed by atoms with E-state index in [1.807, 2.05) is 6.92 Å². The van der Waals surface area contributed by atoms with Crippen LogP contribution in [-0.2, 0) is 10.0 Å². The molecule has 1 rings (SSSR count). The lowest BCUT2D eigenvalue weighted by atomic mass is 9.88. The van der Waals surface area contributed by atoms with E-state index in [1.165, 1.54) is 6.42 Å². The second-order valence-electron chi connectivity index (χ2n) is 4.76. The van der Waals surface area contributed by atoms with E-state index in [9.17, 15) is 8.42 Å². The summed E-state index contributed by atoms with van der Waals surface area (Å²) in [6, 6.07) is 0.190. The number of hydrogen-bond donors (Lipinski definition) is 1. The lowest BCUT2D eigenvalue weighted by Gasteiger charge is -2.27. The lowest BCUT2D eigenvalue weighted by Crippen LogP contribution is -2.39. The molecular weight excluding hydrogens is 210 g/mol. The van der Waals surface area contributed by atoms with Gasteiger partial charge in [-0.1, -0.05) is 33.1 Å². The highest BCUT2D eigenvalue weighted by molar-refractivity contribution is 7.89. The maximum absolute atomic E-state index is 11.7. The molecule has 90 valence electrons. The molecule has 15 heavy (non-hydrogen) atoms. The summed E-state index contributed by atoms with van der Waals surface area (Å²) in [6.07, 6.45) is 6.11. The van der Waals surface area contributed by atoms with E-state index in [4.69, 9.17) is 0 Å². The molecule has 0 amide bonds. The molecule has 3 nitrogen and oxygen atoms in total. The van der Waals surface area contributed by atoms with Crippen LogP contribution < -0.4 is 4.72 Å². The van der Waals surface area contributed by atoms with Gasteiger partial charge in [0, 0.05) is 6.04 Å². The molecule has 0 aromatic rings. The van der Waals surface area contributed by atoms with Gasteiger partial charge in [0.1, 0.15) is 0 Å².